The number of carbonyl (C=O) groups is 3. The number of rotatable bonds is 75. The summed E-state index contributed by atoms with van der Waals surface area (Å²) in [5.41, 5.74) is 0. The van der Waals surface area contributed by atoms with E-state index in [9.17, 15) is 19.5 Å². The van der Waals surface area contributed by atoms with Gasteiger partial charge in [-0.1, -0.05) is 362 Å². The fourth-order valence-corrected chi connectivity index (χ4v) is 11.1. The van der Waals surface area contributed by atoms with Crippen LogP contribution in [0.5, 0.6) is 0 Å². The molecule has 0 saturated carbocycles. The molecule has 0 radical (unpaired) electrons. The van der Waals surface area contributed by atoms with E-state index in [1.165, 1.54) is 141 Å². The van der Waals surface area contributed by atoms with Crippen LogP contribution in [0.1, 0.15) is 322 Å². The van der Waals surface area contributed by atoms with Crippen molar-refractivity contribution in [2.45, 2.75) is 334 Å². The van der Waals surface area contributed by atoms with Crippen molar-refractivity contribution >= 4 is 17.9 Å². The Morgan fingerprint density at radius 1 is 0.291 bits per heavy atom. The van der Waals surface area contributed by atoms with Gasteiger partial charge >= 0.3 is 11.9 Å². The van der Waals surface area contributed by atoms with Crippen molar-refractivity contribution in [3.05, 3.63) is 194 Å². The van der Waals surface area contributed by atoms with Gasteiger partial charge in [0.15, 0.2) is 12.4 Å². The van der Waals surface area contributed by atoms with Crippen molar-refractivity contribution in [3.8, 4) is 0 Å². The zero-order valence-corrected chi connectivity index (χ0v) is 66.6. The van der Waals surface area contributed by atoms with Crippen LogP contribution in [0.4, 0.5) is 0 Å². The van der Waals surface area contributed by atoms with Crippen LogP contribution < -0.4 is 5.11 Å². The molecule has 0 aromatic heterocycles. The Kier molecular flexibility index (Phi) is 77.1. The van der Waals surface area contributed by atoms with Crippen molar-refractivity contribution in [1.82, 2.24) is 0 Å². The number of esters is 2. The molecular formula is C94H153NO8. The second-order valence-electron chi connectivity index (χ2n) is 28.3. The minimum absolute atomic E-state index is 0.140. The molecule has 9 nitrogen and oxygen atoms in total. The number of hydrogen-bond donors (Lipinski definition) is 0. The Morgan fingerprint density at radius 3 is 0.777 bits per heavy atom. The van der Waals surface area contributed by atoms with E-state index in [4.69, 9.17) is 18.9 Å². The fraction of sp³-hybridized carbons (Fsp3) is 0.628. The maximum Gasteiger partial charge on any atom is 0.306 e. The topological polar surface area (TPSA) is 111 Å². The van der Waals surface area contributed by atoms with E-state index < -0.39 is 24.3 Å². The third-order valence-corrected chi connectivity index (χ3v) is 17.3. The second-order valence-corrected chi connectivity index (χ2v) is 28.3. The highest BCUT2D eigenvalue weighted by molar-refractivity contribution is 5.70. The first-order chi connectivity index (χ1) is 50.6. The third kappa shape index (κ3) is 83.3. The first-order valence-electron chi connectivity index (χ1n) is 41.6. The van der Waals surface area contributed by atoms with Crippen LogP contribution in [-0.4, -0.2) is 82.3 Å². The lowest BCUT2D eigenvalue weighted by Crippen LogP contribution is -2.44. The maximum absolute atomic E-state index is 13.0. The average molecular weight is 1430 g/mol. The van der Waals surface area contributed by atoms with Gasteiger partial charge in [-0.3, -0.25) is 9.59 Å². The van der Waals surface area contributed by atoms with Gasteiger partial charge in [-0.25, -0.2) is 0 Å². The van der Waals surface area contributed by atoms with Crippen LogP contribution in [0.3, 0.4) is 0 Å². The van der Waals surface area contributed by atoms with Crippen molar-refractivity contribution in [1.29, 1.82) is 0 Å². The molecule has 0 aliphatic rings. The number of unbranched alkanes of at least 4 members (excludes halogenated alkanes) is 28. The number of carboxylic acid groups (broad SMARTS) is 1. The van der Waals surface area contributed by atoms with Gasteiger partial charge < -0.3 is 33.3 Å². The maximum atomic E-state index is 13.0. The number of carboxylic acids is 1. The molecule has 582 valence electrons. The van der Waals surface area contributed by atoms with Crippen molar-refractivity contribution in [2.75, 3.05) is 47.5 Å². The van der Waals surface area contributed by atoms with E-state index in [0.717, 1.165) is 148 Å². The Hall–Kier alpha value is -5.87. The van der Waals surface area contributed by atoms with Gasteiger partial charge in [0.25, 0.3) is 0 Å². The highest BCUT2D eigenvalue weighted by atomic mass is 16.7. The first kappa shape index (κ1) is 97.1. The van der Waals surface area contributed by atoms with Crippen LogP contribution in [-0.2, 0) is 33.3 Å². The summed E-state index contributed by atoms with van der Waals surface area (Å²) in [5.74, 6) is -2.29. The van der Waals surface area contributed by atoms with Gasteiger partial charge in [-0.15, -0.1) is 0 Å². The van der Waals surface area contributed by atoms with Gasteiger partial charge in [0.05, 0.1) is 40.3 Å². The monoisotopic (exact) mass is 1420 g/mol. The molecule has 0 amide bonds. The number of carbonyl (C=O) groups excluding carboxylic acids is 3. The quantitative estimate of drug-likeness (QED) is 0.0195. The van der Waals surface area contributed by atoms with E-state index in [0.29, 0.717) is 17.4 Å². The van der Waals surface area contributed by atoms with Gasteiger partial charge in [0.1, 0.15) is 13.2 Å². The number of aliphatic carboxylic acids is 1. The van der Waals surface area contributed by atoms with Crippen LogP contribution in [0, 0.1) is 0 Å². The fourth-order valence-electron chi connectivity index (χ4n) is 11.1. The Morgan fingerprint density at radius 2 is 0.524 bits per heavy atom. The Bertz CT molecular complexity index is 2410. The average Bonchev–Trinajstić information content (AvgIpc) is 0.985. The summed E-state index contributed by atoms with van der Waals surface area (Å²) in [5, 5.41) is 11.9. The van der Waals surface area contributed by atoms with E-state index in [1.54, 1.807) is 0 Å². The van der Waals surface area contributed by atoms with Crippen LogP contribution >= 0.6 is 0 Å². The minimum Gasteiger partial charge on any atom is -0.545 e. The molecule has 2 atom stereocenters. The molecule has 0 aromatic carbocycles. The number of quaternary nitrogens is 1. The van der Waals surface area contributed by atoms with Crippen LogP contribution in [0.25, 0.3) is 0 Å². The first-order valence-corrected chi connectivity index (χ1v) is 41.6. The van der Waals surface area contributed by atoms with E-state index in [2.05, 4.69) is 208 Å². The van der Waals surface area contributed by atoms with Crippen LogP contribution in [0.2, 0.25) is 0 Å². The Labute approximate surface area is 633 Å². The Balaban J connectivity index is 4.07. The molecule has 0 fully saturated rings. The molecule has 2 unspecified atom stereocenters. The second kappa shape index (κ2) is 81.8. The standard InChI is InChI=1S/C94H153NO8/c1-6-8-10-12-14-16-18-20-22-24-26-28-30-32-34-36-38-40-42-44-46-48-50-52-54-56-58-60-62-64-66-68-70-72-74-76-78-80-82-84-91(96)101-88-90(89-102-94(93(98)99)100-87-86-95(3,4)5)103-92(97)85-83-81-79-77-75-73-71-69-67-65-63-61-59-57-55-53-51-49-47-45-43-41-39-37-35-33-31-29-27-25-23-21-19-17-15-13-11-9-7-2/h8-11,14-17,20-23,26-29,32-35,38-41,44-47,51,53,57,59,90,94H,6-7,12-13,18-19,24-25,30-31,36-37,42-43,48-50,52,54-56,58,60-89H2,1-5H3/b10-8-,11-9-,16-14-,17-15-,22-20-,23-21-,28-26-,29-27-,34-32-,35-33-,40-38-,41-39-,46-44-,47-45-,53-51-,59-57-. The summed E-state index contributed by atoms with van der Waals surface area (Å²) in [7, 11) is 5.93. The largest absolute Gasteiger partial charge is 0.545 e. The number of hydrogen-bond acceptors (Lipinski definition) is 8. The van der Waals surface area contributed by atoms with Crippen LogP contribution in [0.15, 0.2) is 194 Å². The summed E-state index contributed by atoms with van der Waals surface area (Å²) >= 11 is 0. The lowest BCUT2D eigenvalue weighted by atomic mass is 10.0. The van der Waals surface area contributed by atoms with Gasteiger partial charge in [0.2, 0.25) is 0 Å². The predicted octanol–water partition coefficient (Wildman–Crippen LogP) is 25.9. The normalized spacial score (nSPS) is 13.7. The minimum atomic E-state index is -1.63. The summed E-state index contributed by atoms with van der Waals surface area (Å²) < 4.78 is 22.9. The van der Waals surface area contributed by atoms with E-state index >= 15 is 0 Å². The number of allylic oxidation sites excluding steroid dienone is 32. The molecule has 0 aliphatic carbocycles. The smallest absolute Gasteiger partial charge is 0.306 e. The molecule has 0 aromatic rings. The molecule has 0 N–H and O–H groups in total. The molecule has 0 heterocycles. The predicted molar refractivity (Wildman–Crippen MR) is 444 cm³/mol. The molecule has 9 heteroatoms. The lowest BCUT2D eigenvalue weighted by Gasteiger charge is -2.26. The third-order valence-electron chi connectivity index (χ3n) is 17.3. The number of nitrogens with zero attached hydrogens (tertiary/aromatic N) is 1. The van der Waals surface area contributed by atoms with Gasteiger partial charge in [-0.2, -0.15) is 0 Å². The summed E-state index contributed by atoms with van der Waals surface area (Å²) in [6, 6.07) is 0. The zero-order valence-electron chi connectivity index (χ0n) is 66.6. The lowest BCUT2D eigenvalue weighted by molar-refractivity contribution is -0.870. The molecule has 0 aliphatic heterocycles. The summed E-state index contributed by atoms with van der Waals surface area (Å²) in [6.07, 6.45) is 123. The molecule has 0 bridgehead atoms. The van der Waals surface area contributed by atoms with Gasteiger partial charge in [0, 0.05) is 12.8 Å². The van der Waals surface area contributed by atoms with Crippen molar-refractivity contribution in [3.63, 3.8) is 0 Å². The molecule has 0 rings (SSSR count). The zero-order chi connectivity index (χ0) is 74.6. The van der Waals surface area contributed by atoms with Crippen molar-refractivity contribution in [2.24, 2.45) is 0 Å². The number of ether oxygens (including phenoxy) is 4. The van der Waals surface area contributed by atoms with E-state index in [-0.39, 0.29) is 38.6 Å². The molecular weight excluding hydrogens is 1270 g/mol. The van der Waals surface area contributed by atoms with Gasteiger partial charge in [-0.05, 0) is 141 Å². The highest BCUT2D eigenvalue weighted by Crippen LogP contribution is 2.18. The molecule has 103 heavy (non-hydrogen) atoms. The van der Waals surface area contributed by atoms with E-state index in [1.807, 2.05) is 21.1 Å². The van der Waals surface area contributed by atoms with Crippen molar-refractivity contribution < 1.29 is 42.9 Å². The number of likely N-dealkylation sites (N-methyl/N-ethyl adjacent to an activating group) is 1. The molecule has 0 saturated heterocycles. The highest BCUT2D eigenvalue weighted by Gasteiger charge is 2.22. The summed E-state index contributed by atoms with van der Waals surface area (Å²) in [4.78, 5) is 37.7. The molecule has 0 spiro atoms. The summed E-state index contributed by atoms with van der Waals surface area (Å²) in [6.45, 7) is 4.52. The SMILES string of the molecule is CC/C=C\C/C=C\C/C=C\C/C=C\C/C=C\C/C=C\C/C=C\C/C=C\C/C=C\CCCCCCCCCCCCCC(=O)OC(COC(=O)CCCCCCCCCCCCCCCCCCC/C=C\C/C=C\C/C=C\C/C=C\C/C=C\C/C=C\C/C=C\CC)COC(OCC[N+](C)(C)C)C(=O)[O-].